The summed E-state index contributed by atoms with van der Waals surface area (Å²) in [6, 6.07) is -0.756. The molecule has 1 rings (SSSR count). The molecular formula is C14H18N3O7-. The third-order valence-electron chi connectivity index (χ3n) is 3.29. The predicted octanol–water partition coefficient (Wildman–Crippen LogP) is -0.784. The van der Waals surface area contributed by atoms with E-state index in [0.29, 0.717) is 6.42 Å². The van der Waals surface area contributed by atoms with E-state index in [2.05, 4.69) is 15.5 Å². The van der Waals surface area contributed by atoms with E-state index in [9.17, 15) is 30.1 Å². The molecule has 0 spiro atoms. The zero-order valence-corrected chi connectivity index (χ0v) is 13.4. The van der Waals surface area contributed by atoms with Crippen LogP contribution in [0.4, 0.5) is 0 Å². The van der Waals surface area contributed by atoms with Gasteiger partial charge in [-0.05, 0) is 25.3 Å². The van der Waals surface area contributed by atoms with Crippen LogP contribution in [-0.4, -0.2) is 39.6 Å². The van der Waals surface area contributed by atoms with Crippen molar-refractivity contribution >= 4 is 17.4 Å². The van der Waals surface area contributed by atoms with E-state index in [1.54, 1.807) is 0 Å². The van der Waals surface area contributed by atoms with Crippen LogP contribution in [0.25, 0.3) is 0 Å². The quantitative estimate of drug-likeness (QED) is 0.350. The molecule has 0 aromatic rings. The summed E-state index contributed by atoms with van der Waals surface area (Å²) in [6.07, 6.45) is 0.436. The maximum Gasteiger partial charge on any atom is 0.281 e. The van der Waals surface area contributed by atoms with E-state index in [-0.39, 0.29) is 17.3 Å². The van der Waals surface area contributed by atoms with Crippen molar-refractivity contribution in [3.63, 3.8) is 0 Å². The fourth-order valence-corrected chi connectivity index (χ4v) is 2.11. The van der Waals surface area contributed by atoms with Crippen LogP contribution in [0, 0.1) is 16.0 Å². The van der Waals surface area contributed by atoms with E-state index in [1.807, 2.05) is 13.8 Å². The highest BCUT2D eigenvalue weighted by molar-refractivity contribution is 6.10. The maximum atomic E-state index is 12.3. The minimum Gasteiger partial charge on any atom is -0.638 e. The summed E-state index contributed by atoms with van der Waals surface area (Å²) in [6.45, 7) is 5.07. The van der Waals surface area contributed by atoms with Crippen LogP contribution < -0.4 is 10.6 Å². The lowest BCUT2D eigenvalue weighted by Gasteiger charge is -2.20. The molecule has 0 bridgehead atoms. The summed E-state index contributed by atoms with van der Waals surface area (Å²) in [5.41, 5.74) is -1.44. The number of oxime groups is 1. The van der Waals surface area contributed by atoms with Crippen molar-refractivity contribution in [3.8, 4) is 0 Å². The second kappa shape index (κ2) is 8.31. The second-order valence-electron chi connectivity index (χ2n) is 5.69. The van der Waals surface area contributed by atoms with Gasteiger partial charge in [-0.2, -0.15) is 0 Å². The molecule has 0 aromatic heterocycles. The number of nitrogens with zero attached hydrogens (tertiary/aromatic N) is 2. The average Bonchev–Trinajstić information content (AvgIpc) is 2.47. The van der Waals surface area contributed by atoms with Gasteiger partial charge in [0, 0.05) is 11.6 Å². The Hall–Kier alpha value is -2.59. The van der Waals surface area contributed by atoms with Crippen LogP contribution >= 0.6 is 0 Å². The van der Waals surface area contributed by atoms with Gasteiger partial charge in [0.05, 0.1) is 11.0 Å². The molecule has 10 nitrogen and oxygen atoms in total. The highest BCUT2D eigenvalue weighted by atomic mass is 17.2. The Bertz CT molecular complexity index is 622. The van der Waals surface area contributed by atoms with Crippen molar-refractivity contribution in [1.29, 1.82) is 0 Å². The molecule has 0 aliphatic heterocycles. The Labute approximate surface area is 137 Å². The van der Waals surface area contributed by atoms with Gasteiger partial charge in [-0.25, -0.2) is 0 Å². The highest BCUT2D eigenvalue weighted by Crippen LogP contribution is 2.18. The Balaban J connectivity index is 3.10. The average molecular weight is 340 g/mol. The minimum absolute atomic E-state index is 0.136. The molecule has 1 unspecified atom stereocenters. The van der Waals surface area contributed by atoms with Crippen LogP contribution in [0.2, 0.25) is 0 Å². The lowest BCUT2D eigenvalue weighted by Crippen LogP contribution is -2.42. The first-order chi connectivity index (χ1) is 11.2. The maximum absolute atomic E-state index is 12.3. The summed E-state index contributed by atoms with van der Waals surface area (Å²) in [5.74, 6) is -0.887. The van der Waals surface area contributed by atoms with Gasteiger partial charge in [0.1, 0.15) is 5.71 Å². The molecule has 1 amide bonds. The van der Waals surface area contributed by atoms with Gasteiger partial charge in [0.2, 0.25) is 0 Å². The zero-order valence-electron chi connectivity index (χ0n) is 13.4. The summed E-state index contributed by atoms with van der Waals surface area (Å²) >= 11 is 0. The Kier molecular flexibility index (Phi) is 6.74. The molecule has 0 fully saturated rings. The van der Waals surface area contributed by atoms with E-state index in [4.69, 9.17) is 0 Å². The zero-order chi connectivity index (χ0) is 18.4. The SMILES string of the molecule is CC(=O)[C@H](CC(C)C)NC(=O)C1=CC(=NO[O-])C(O)C([N+](=O)[O-])=C1. The van der Waals surface area contributed by atoms with E-state index >= 15 is 0 Å². The molecular weight excluding hydrogens is 322 g/mol. The third-order valence-corrected chi connectivity index (χ3v) is 3.29. The van der Waals surface area contributed by atoms with Crippen LogP contribution in [0.15, 0.2) is 28.6 Å². The number of amides is 1. The molecule has 0 aromatic carbocycles. The largest absolute Gasteiger partial charge is 0.638 e. The molecule has 2 atom stereocenters. The van der Waals surface area contributed by atoms with Crippen LogP contribution in [0.5, 0.6) is 0 Å². The van der Waals surface area contributed by atoms with Gasteiger partial charge in [0.15, 0.2) is 11.9 Å². The lowest BCUT2D eigenvalue weighted by molar-refractivity contribution is -0.691. The number of aliphatic hydroxyl groups excluding tert-OH is 1. The Morgan fingerprint density at radius 2 is 2.08 bits per heavy atom. The normalized spacial score (nSPS) is 20.2. The number of carbonyl (C=O) groups is 2. The first-order valence-electron chi connectivity index (χ1n) is 7.11. The smallest absolute Gasteiger partial charge is 0.281 e. The van der Waals surface area contributed by atoms with Gasteiger partial charge < -0.3 is 20.7 Å². The monoisotopic (exact) mass is 340 g/mol. The van der Waals surface area contributed by atoms with Crippen molar-refractivity contribution in [1.82, 2.24) is 5.32 Å². The van der Waals surface area contributed by atoms with Gasteiger partial charge in [-0.1, -0.05) is 19.0 Å². The number of Topliss-reactive ketones (excluding diaryl/α,β-unsaturated/α-hetero) is 1. The number of rotatable bonds is 7. The number of nitro groups is 1. The van der Waals surface area contributed by atoms with E-state index < -0.39 is 34.4 Å². The Morgan fingerprint density at radius 1 is 1.46 bits per heavy atom. The molecule has 0 saturated carbocycles. The Morgan fingerprint density at radius 3 is 2.54 bits per heavy atom. The van der Waals surface area contributed by atoms with Gasteiger partial charge in [0.25, 0.3) is 11.6 Å². The van der Waals surface area contributed by atoms with E-state index in [1.165, 1.54) is 6.92 Å². The summed E-state index contributed by atoms with van der Waals surface area (Å²) in [7, 11) is 0. The van der Waals surface area contributed by atoms with Crippen LogP contribution in [-0.2, 0) is 14.6 Å². The molecule has 2 N–H and O–H groups in total. The van der Waals surface area contributed by atoms with Crippen molar-refractivity contribution in [2.24, 2.45) is 11.1 Å². The fraction of sp³-hybridized carbons (Fsp3) is 0.500. The fourth-order valence-electron chi connectivity index (χ4n) is 2.11. The molecule has 1 aliphatic rings. The van der Waals surface area contributed by atoms with Crippen LogP contribution in [0.1, 0.15) is 27.2 Å². The van der Waals surface area contributed by atoms with Crippen molar-refractivity contribution in [2.45, 2.75) is 39.3 Å². The molecule has 0 saturated heterocycles. The number of nitrogens with one attached hydrogen (secondary N) is 1. The molecule has 1 aliphatic carbocycles. The summed E-state index contributed by atoms with van der Waals surface area (Å²) < 4.78 is 0. The third kappa shape index (κ3) is 4.96. The standard InChI is InChI=1S/C14H19N3O7/c1-7(2)4-10(8(3)18)15-14(20)9-5-11(16-24-23)13(19)12(6-9)17(21)22/h5-7,10,13,19,23H,4H2,1-3H3,(H,15,20)/p-1/t10-,13?/m0/s1. The topological polar surface area (TPSA) is 154 Å². The predicted molar refractivity (Wildman–Crippen MR) is 79.8 cm³/mol. The molecule has 0 heterocycles. The first-order valence-corrected chi connectivity index (χ1v) is 7.11. The van der Waals surface area contributed by atoms with Crippen molar-refractivity contribution in [2.75, 3.05) is 0 Å². The van der Waals surface area contributed by atoms with Gasteiger partial charge in [-0.3, -0.25) is 19.7 Å². The number of hydrogen-bond acceptors (Lipinski definition) is 8. The van der Waals surface area contributed by atoms with Crippen molar-refractivity contribution in [3.05, 3.63) is 33.5 Å². The summed E-state index contributed by atoms with van der Waals surface area (Å²) in [5, 5.41) is 36.2. The lowest BCUT2D eigenvalue weighted by atomic mass is 9.97. The number of ketones is 1. The van der Waals surface area contributed by atoms with Crippen molar-refractivity contribution < 1.29 is 29.9 Å². The van der Waals surface area contributed by atoms with Crippen LogP contribution in [0.3, 0.4) is 0 Å². The second-order valence-corrected chi connectivity index (χ2v) is 5.69. The molecule has 0 radical (unpaired) electrons. The highest BCUT2D eigenvalue weighted by Gasteiger charge is 2.33. The summed E-state index contributed by atoms with van der Waals surface area (Å²) in [4.78, 5) is 37.2. The molecule has 10 heteroatoms. The van der Waals surface area contributed by atoms with Gasteiger partial charge in [-0.15, -0.1) is 0 Å². The number of carbonyl (C=O) groups excluding carboxylic acids is 2. The number of hydrogen-bond donors (Lipinski definition) is 2. The van der Waals surface area contributed by atoms with E-state index in [0.717, 1.165) is 12.2 Å². The minimum atomic E-state index is -1.80. The number of aliphatic hydroxyl groups is 1. The molecule has 24 heavy (non-hydrogen) atoms. The van der Waals surface area contributed by atoms with Gasteiger partial charge >= 0.3 is 0 Å². The molecule has 132 valence electrons. The first kappa shape index (κ1) is 19.5.